The molecule has 0 saturated heterocycles. The summed E-state index contributed by atoms with van der Waals surface area (Å²) in [5, 5.41) is 9.21. The van der Waals surface area contributed by atoms with Gasteiger partial charge in [-0.05, 0) is 37.0 Å². The number of rotatable bonds is 5. The highest BCUT2D eigenvalue weighted by atomic mass is 16.4. The van der Waals surface area contributed by atoms with Crippen molar-refractivity contribution in [1.29, 1.82) is 0 Å². The van der Waals surface area contributed by atoms with E-state index in [1.165, 1.54) is 11.1 Å². The minimum atomic E-state index is -0.711. The molecule has 0 aliphatic carbocycles. The van der Waals surface area contributed by atoms with Crippen LogP contribution in [0, 0.1) is 13.8 Å². The molecule has 1 N–H and O–H groups in total. The Morgan fingerprint density at radius 1 is 1.31 bits per heavy atom. The van der Waals surface area contributed by atoms with Gasteiger partial charge in [-0.15, -0.1) is 0 Å². The zero-order chi connectivity index (χ0) is 12.1. The first-order valence-electron chi connectivity index (χ1n) is 5.86. The molecule has 88 valence electrons. The molecule has 0 aromatic heterocycles. The summed E-state index contributed by atoms with van der Waals surface area (Å²) >= 11 is 0. The van der Waals surface area contributed by atoms with E-state index in [-0.39, 0.29) is 5.92 Å². The smallest absolute Gasteiger partial charge is 0.310 e. The number of hydrogen-bond donors (Lipinski definition) is 1. The molecule has 0 radical (unpaired) electrons. The number of aliphatic carboxylic acids is 1. The van der Waals surface area contributed by atoms with Crippen molar-refractivity contribution in [2.24, 2.45) is 0 Å². The quantitative estimate of drug-likeness (QED) is 0.822. The van der Waals surface area contributed by atoms with Gasteiger partial charge in [0.1, 0.15) is 0 Å². The van der Waals surface area contributed by atoms with Gasteiger partial charge in [-0.1, -0.05) is 38.0 Å². The minimum Gasteiger partial charge on any atom is -0.481 e. The lowest BCUT2D eigenvalue weighted by molar-refractivity contribution is -0.139. The highest BCUT2D eigenvalue weighted by Crippen LogP contribution is 2.24. The van der Waals surface area contributed by atoms with Gasteiger partial charge in [0, 0.05) is 0 Å². The molecule has 1 atom stereocenters. The van der Waals surface area contributed by atoms with Gasteiger partial charge < -0.3 is 5.11 Å². The highest BCUT2D eigenvalue weighted by molar-refractivity contribution is 5.76. The Hall–Kier alpha value is -1.31. The third kappa shape index (κ3) is 3.09. The number of hydrogen-bond acceptors (Lipinski definition) is 1. The van der Waals surface area contributed by atoms with E-state index in [1.54, 1.807) is 0 Å². The molecule has 0 aliphatic heterocycles. The fourth-order valence-electron chi connectivity index (χ4n) is 1.82. The predicted molar refractivity (Wildman–Crippen MR) is 65.8 cm³/mol. The lowest BCUT2D eigenvalue weighted by Crippen LogP contribution is -2.11. The Morgan fingerprint density at radius 3 is 2.50 bits per heavy atom. The topological polar surface area (TPSA) is 37.3 Å². The van der Waals surface area contributed by atoms with E-state index in [1.807, 2.05) is 32.0 Å². The normalized spacial score (nSPS) is 12.4. The molecule has 1 rings (SSSR count). The number of carboxylic acid groups (broad SMARTS) is 1. The molecule has 0 saturated carbocycles. The third-order valence-electron chi connectivity index (χ3n) is 3.08. The van der Waals surface area contributed by atoms with Crippen molar-refractivity contribution >= 4 is 5.97 Å². The summed E-state index contributed by atoms with van der Waals surface area (Å²) in [6.45, 7) is 6.15. The van der Waals surface area contributed by atoms with Crippen molar-refractivity contribution in [2.75, 3.05) is 0 Å². The summed E-state index contributed by atoms with van der Waals surface area (Å²) in [5.41, 5.74) is 3.31. The fraction of sp³-hybridized carbons (Fsp3) is 0.500. The van der Waals surface area contributed by atoms with Gasteiger partial charge in [0.25, 0.3) is 0 Å². The lowest BCUT2D eigenvalue weighted by Gasteiger charge is -2.13. The average Bonchev–Trinajstić information content (AvgIpc) is 2.23. The second-order valence-electron chi connectivity index (χ2n) is 4.38. The Balaban J connectivity index is 2.92. The van der Waals surface area contributed by atoms with E-state index < -0.39 is 5.97 Å². The Morgan fingerprint density at radius 2 is 2.00 bits per heavy atom. The van der Waals surface area contributed by atoms with Crippen molar-refractivity contribution < 1.29 is 9.90 Å². The van der Waals surface area contributed by atoms with Crippen LogP contribution < -0.4 is 0 Å². The van der Waals surface area contributed by atoms with Crippen LogP contribution in [0.2, 0.25) is 0 Å². The molecule has 0 spiro atoms. The summed E-state index contributed by atoms with van der Waals surface area (Å²) in [4.78, 5) is 11.2. The van der Waals surface area contributed by atoms with Gasteiger partial charge in [-0.25, -0.2) is 0 Å². The van der Waals surface area contributed by atoms with Crippen LogP contribution in [-0.2, 0) is 4.79 Å². The van der Waals surface area contributed by atoms with E-state index in [0.29, 0.717) is 0 Å². The summed E-state index contributed by atoms with van der Waals surface area (Å²) in [7, 11) is 0. The predicted octanol–water partition coefficient (Wildman–Crippen LogP) is 3.66. The summed E-state index contributed by atoms with van der Waals surface area (Å²) in [5.74, 6) is -1.06. The highest BCUT2D eigenvalue weighted by Gasteiger charge is 2.19. The number of carbonyl (C=O) groups is 1. The minimum absolute atomic E-state index is 0.348. The van der Waals surface area contributed by atoms with Gasteiger partial charge in [0.15, 0.2) is 0 Å². The van der Waals surface area contributed by atoms with Crippen molar-refractivity contribution in [3.63, 3.8) is 0 Å². The maximum atomic E-state index is 11.2. The Kier molecular flexibility index (Phi) is 4.53. The molecular formula is C14H20O2. The number of carboxylic acids is 1. The van der Waals surface area contributed by atoms with Crippen molar-refractivity contribution in [1.82, 2.24) is 0 Å². The average molecular weight is 220 g/mol. The molecule has 2 heteroatoms. The van der Waals surface area contributed by atoms with Crippen molar-refractivity contribution in [3.05, 3.63) is 34.9 Å². The standard InChI is InChI=1S/C14H20O2/c1-4-5-6-13(14(15)16)12-8-7-10(2)11(3)9-12/h7-9,13H,4-6H2,1-3H3,(H,15,16). The second-order valence-corrected chi connectivity index (χ2v) is 4.38. The fourth-order valence-corrected chi connectivity index (χ4v) is 1.82. The van der Waals surface area contributed by atoms with Gasteiger partial charge >= 0.3 is 5.97 Å². The first-order chi connectivity index (χ1) is 7.56. The van der Waals surface area contributed by atoms with Crippen LogP contribution in [0.5, 0.6) is 0 Å². The molecule has 1 aromatic carbocycles. The SMILES string of the molecule is CCCCC(C(=O)O)c1ccc(C)c(C)c1. The second kappa shape index (κ2) is 5.69. The summed E-state index contributed by atoms with van der Waals surface area (Å²) in [6, 6.07) is 5.95. The van der Waals surface area contributed by atoms with Crippen molar-refractivity contribution in [2.45, 2.75) is 46.0 Å². The zero-order valence-electron chi connectivity index (χ0n) is 10.3. The number of aryl methyl sites for hydroxylation is 2. The number of benzene rings is 1. The van der Waals surface area contributed by atoms with Crippen LogP contribution in [0.25, 0.3) is 0 Å². The monoisotopic (exact) mass is 220 g/mol. The Labute approximate surface area is 97.3 Å². The van der Waals surface area contributed by atoms with E-state index >= 15 is 0 Å². The first-order valence-corrected chi connectivity index (χ1v) is 5.86. The van der Waals surface area contributed by atoms with E-state index in [0.717, 1.165) is 24.8 Å². The number of unbranched alkanes of at least 4 members (excludes halogenated alkanes) is 1. The molecule has 0 heterocycles. The van der Waals surface area contributed by atoms with Crippen LogP contribution >= 0.6 is 0 Å². The molecule has 0 bridgehead atoms. The lowest BCUT2D eigenvalue weighted by atomic mass is 9.91. The third-order valence-corrected chi connectivity index (χ3v) is 3.08. The molecule has 2 nitrogen and oxygen atoms in total. The van der Waals surface area contributed by atoms with Gasteiger partial charge in [-0.3, -0.25) is 4.79 Å². The summed E-state index contributed by atoms with van der Waals surface area (Å²) < 4.78 is 0. The molecule has 0 amide bonds. The van der Waals surface area contributed by atoms with Crippen LogP contribution in [0.4, 0.5) is 0 Å². The first kappa shape index (κ1) is 12.8. The molecule has 0 fully saturated rings. The molecular weight excluding hydrogens is 200 g/mol. The van der Waals surface area contributed by atoms with Crippen LogP contribution in [0.15, 0.2) is 18.2 Å². The van der Waals surface area contributed by atoms with Gasteiger partial charge in [-0.2, -0.15) is 0 Å². The molecule has 0 aliphatic rings. The zero-order valence-corrected chi connectivity index (χ0v) is 10.3. The van der Waals surface area contributed by atoms with E-state index in [9.17, 15) is 9.90 Å². The maximum absolute atomic E-state index is 11.2. The summed E-state index contributed by atoms with van der Waals surface area (Å²) in [6.07, 6.45) is 2.73. The maximum Gasteiger partial charge on any atom is 0.310 e. The van der Waals surface area contributed by atoms with Crippen LogP contribution in [-0.4, -0.2) is 11.1 Å². The van der Waals surface area contributed by atoms with Crippen LogP contribution in [0.1, 0.15) is 48.8 Å². The largest absolute Gasteiger partial charge is 0.481 e. The van der Waals surface area contributed by atoms with Gasteiger partial charge in [0.2, 0.25) is 0 Å². The Bertz CT molecular complexity index is 369. The molecule has 1 unspecified atom stereocenters. The van der Waals surface area contributed by atoms with Gasteiger partial charge in [0.05, 0.1) is 5.92 Å². The molecule has 1 aromatic rings. The van der Waals surface area contributed by atoms with Crippen LogP contribution in [0.3, 0.4) is 0 Å². The van der Waals surface area contributed by atoms with E-state index in [4.69, 9.17) is 0 Å². The van der Waals surface area contributed by atoms with Crippen molar-refractivity contribution in [3.8, 4) is 0 Å². The van der Waals surface area contributed by atoms with E-state index in [2.05, 4.69) is 6.92 Å². The molecule has 16 heavy (non-hydrogen) atoms.